The predicted octanol–water partition coefficient (Wildman–Crippen LogP) is 6.72. The molecule has 0 aromatic heterocycles. The fraction of sp³-hybridized carbons (Fsp3) is 0.366. The minimum absolute atomic E-state index is 0. The van der Waals surface area contributed by atoms with E-state index in [9.17, 15) is 20.2 Å². The average molecular weight is 859 g/mol. The standard InChI is InChI=1S/C21H25N2O2.C11H12N.C9H10BrNO2.K.O3S/c1-15-7-12-20-19(14-15)21(3,4)16(2)22(20)13-5-6-17-8-10-18(11-9-17)23(24)25;1-8-11(2,3)9-6-4-5-7-10(9)12-8;10-7-1-2-8-3-5-9(6-4-8)11(12)13;;1-4(2)3/h7-12,14H,5-6,13H2,1-4H3;5-7H,1-3H3;3-6H,1-2,7H2;;/q+1;-1;;+1;. The quantitative estimate of drug-likeness (QED) is 0.0452. The van der Waals surface area contributed by atoms with Crippen molar-refractivity contribution in [3.8, 4) is 0 Å². The van der Waals surface area contributed by atoms with Crippen LogP contribution in [0.2, 0.25) is 0 Å². The van der Waals surface area contributed by atoms with Gasteiger partial charge in [-0.25, -0.2) is 0 Å². The molecule has 0 bridgehead atoms. The second-order valence-electron chi connectivity index (χ2n) is 14.1. The summed E-state index contributed by atoms with van der Waals surface area (Å²) in [7, 11) is -3.11. The van der Waals surface area contributed by atoms with Gasteiger partial charge in [-0.3, -0.25) is 25.2 Å². The van der Waals surface area contributed by atoms with Crippen LogP contribution < -0.4 is 51.4 Å². The first kappa shape index (κ1) is 47.9. The number of non-ortho nitro benzene ring substituents is 2. The van der Waals surface area contributed by atoms with E-state index in [4.69, 9.17) is 12.6 Å². The first-order valence-electron chi connectivity index (χ1n) is 17.5. The maximum absolute atomic E-state index is 10.7. The van der Waals surface area contributed by atoms with E-state index in [1.54, 1.807) is 36.4 Å². The number of rotatable bonds is 9. The third-order valence-electron chi connectivity index (χ3n) is 9.87. The van der Waals surface area contributed by atoms with Gasteiger partial charge < -0.3 is 0 Å². The number of nitro benzene ring substituents is 2. The Kier molecular flexibility index (Phi) is 19.1. The SMILES string of the molecule is CC1=Nc2cc[c-]cc2C1(C)C.CC1=[N+](CCCc2ccc([N+](=O)[O-])cc2)c2ccc(C)cc2C1(C)C.O=S(=O)=O.O=[N+]([O-])c1ccc(CCCBr)cc1.[K+]. The molecule has 286 valence electrons. The van der Waals surface area contributed by atoms with Crippen LogP contribution in [0.15, 0.2) is 89.9 Å². The van der Waals surface area contributed by atoms with Crippen molar-refractivity contribution in [3.63, 3.8) is 0 Å². The Morgan fingerprint density at radius 2 is 1.27 bits per heavy atom. The first-order chi connectivity index (χ1) is 25.4. The Balaban J connectivity index is 0.000000293. The average Bonchev–Trinajstić information content (AvgIpc) is 3.47. The smallest absolute Gasteiger partial charge is 0.284 e. The van der Waals surface area contributed by atoms with E-state index in [2.05, 4.69) is 98.2 Å². The minimum atomic E-state index is -3.11. The molecule has 2 heterocycles. The van der Waals surface area contributed by atoms with Gasteiger partial charge in [-0.1, -0.05) is 65.7 Å². The van der Waals surface area contributed by atoms with Gasteiger partial charge in [0.2, 0.25) is 5.69 Å². The van der Waals surface area contributed by atoms with Gasteiger partial charge in [-0.05, 0) is 75.3 Å². The van der Waals surface area contributed by atoms with Crippen LogP contribution in [-0.4, -0.2) is 50.3 Å². The van der Waals surface area contributed by atoms with Gasteiger partial charge in [-0.15, -0.1) is 24.3 Å². The van der Waals surface area contributed by atoms with Crippen molar-refractivity contribution < 1.29 is 78.4 Å². The number of nitro groups is 2. The largest absolute Gasteiger partial charge is 1.00 e. The molecule has 14 heteroatoms. The summed E-state index contributed by atoms with van der Waals surface area (Å²) in [4.78, 5) is 24.8. The zero-order valence-electron chi connectivity index (χ0n) is 32.8. The van der Waals surface area contributed by atoms with Gasteiger partial charge in [0, 0.05) is 60.3 Å². The van der Waals surface area contributed by atoms with E-state index in [-0.39, 0.29) is 83.4 Å². The topological polar surface area (TPSA) is 153 Å². The number of halogens is 1. The second kappa shape index (κ2) is 21.9. The van der Waals surface area contributed by atoms with Crippen LogP contribution in [0.3, 0.4) is 0 Å². The van der Waals surface area contributed by atoms with E-state index in [1.807, 2.05) is 30.3 Å². The van der Waals surface area contributed by atoms with E-state index < -0.39 is 10.6 Å². The molecule has 0 fully saturated rings. The fourth-order valence-corrected chi connectivity index (χ4v) is 6.48. The van der Waals surface area contributed by atoms with Crippen molar-refractivity contribution in [2.45, 2.75) is 85.0 Å². The molecule has 2 aliphatic heterocycles. The van der Waals surface area contributed by atoms with Crippen molar-refractivity contribution >= 4 is 60.7 Å². The van der Waals surface area contributed by atoms with Gasteiger partial charge in [0.15, 0.2) is 5.71 Å². The number of hydrogen-bond donors (Lipinski definition) is 0. The van der Waals surface area contributed by atoms with Gasteiger partial charge >= 0.3 is 62.0 Å². The Bertz CT molecular complexity index is 2130. The summed E-state index contributed by atoms with van der Waals surface area (Å²) in [5.41, 5.74) is 11.8. The molecule has 0 radical (unpaired) electrons. The van der Waals surface area contributed by atoms with E-state index >= 15 is 0 Å². The molecule has 0 saturated heterocycles. The number of nitrogens with zero attached hydrogens (tertiary/aromatic N) is 4. The molecule has 2 aliphatic rings. The minimum Gasteiger partial charge on any atom is -0.284 e. The molecule has 6 rings (SSSR count). The normalized spacial score (nSPS) is 13.9. The summed E-state index contributed by atoms with van der Waals surface area (Å²) < 4.78 is 27.8. The summed E-state index contributed by atoms with van der Waals surface area (Å²) in [6, 6.07) is 29.4. The van der Waals surface area contributed by atoms with E-state index in [0.29, 0.717) is 0 Å². The second-order valence-corrected chi connectivity index (χ2v) is 15.3. The third-order valence-corrected chi connectivity index (χ3v) is 10.4. The summed E-state index contributed by atoms with van der Waals surface area (Å²) in [5.74, 6) is 0. The van der Waals surface area contributed by atoms with Gasteiger partial charge in [0.05, 0.1) is 15.3 Å². The van der Waals surface area contributed by atoms with Gasteiger partial charge in [0.1, 0.15) is 6.54 Å². The Morgan fingerprint density at radius 3 is 1.75 bits per heavy atom. The number of fused-ring (bicyclic) bond motifs is 2. The summed E-state index contributed by atoms with van der Waals surface area (Å²) in [6.45, 7) is 16.4. The molecule has 0 saturated carbocycles. The predicted molar refractivity (Wildman–Crippen MR) is 217 cm³/mol. The zero-order chi connectivity index (χ0) is 40.2. The van der Waals surface area contributed by atoms with Crippen LogP contribution in [-0.2, 0) is 34.3 Å². The van der Waals surface area contributed by atoms with Gasteiger partial charge in [0.25, 0.3) is 11.4 Å². The Morgan fingerprint density at radius 1 is 0.764 bits per heavy atom. The molecular weight excluding hydrogens is 812 g/mol. The molecule has 0 atom stereocenters. The molecule has 0 unspecified atom stereocenters. The maximum atomic E-state index is 10.7. The molecule has 0 aliphatic carbocycles. The van der Waals surface area contributed by atoms with E-state index in [1.165, 1.54) is 33.8 Å². The molecule has 55 heavy (non-hydrogen) atoms. The maximum Gasteiger partial charge on any atom is 1.00 e. The molecule has 0 spiro atoms. The monoisotopic (exact) mass is 857 g/mol. The number of aliphatic imine (C=N–C) groups is 1. The number of benzene rings is 4. The van der Waals surface area contributed by atoms with Gasteiger partial charge in [-0.2, -0.15) is 22.8 Å². The molecule has 0 amide bonds. The fourth-order valence-electron chi connectivity index (χ4n) is 6.20. The van der Waals surface area contributed by atoms with Crippen molar-refractivity contribution in [2.24, 2.45) is 4.99 Å². The third kappa shape index (κ3) is 13.4. The van der Waals surface area contributed by atoms with Crippen molar-refractivity contribution in [2.75, 3.05) is 11.9 Å². The Hall–Kier alpha value is -3.24. The van der Waals surface area contributed by atoms with Crippen molar-refractivity contribution in [1.29, 1.82) is 0 Å². The van der Waals surface area contributed by atoms with Crippen LogP contribution in [0.5, 0.6) is 0 Å². The summed E-state index contributed by atoms with van der Waals surface area (Å²) in [6.07, 6.45) is 3.95. The van der Waals surface area contributed by atoms with Crippen LogP contribution >= 0.6 is 15.9 Å². The zero-order valence-corrected chi connectivity index (χ0v) is 38.3. The molecule has 4 aromatic carbocycles. The van der Waals surface area contributed by atoms with Crippen molar-refractivity contribution in [1.82, 2.24) is 0 Å². The van der Waals surface area contributed by atoms with Crippen LogP contribution in [0, 0.1) is 33.2 Å². The molecular formula is C41H47BrKN4O7S+. The van der Waals surface area contributed by atoms with Crippen molar-refractivity contribution in [3.05, 3.63) is 139 Å². The van der Waals surface area contributed by atoms with E-state index in [0.717, 1.165) is 54.4 Å². The molecule has 4 aromatic rings. The number of alkyl halides is 1. The number of aryl methyl sites for hydroxylation is 3. The Labute approximate surface area is 376 Å². The summed E-state index contributed by atoms with van der Waals surface area (Å²) in [5, 5.41) is 22.0. The number of hydrogen-bond acceptors (Lipinski definition) is 8. The molecule has 0 N–H and O–H groups in total. The van der Waals surface area contributed by atoms with Crippen LogP contribution in [0.1, 0.15) is 82.2 Å². The first-order valence-corrected chi connectivity index (χ1v) is 19.6. The van der Waals surface area contributed by atoms with Crippen LogP contribution in [0.4, 0.5) is 22.7 Å². The molecule has 11 nitrogen and oxygen atoms in total. The van der Waals surface area contributed by atoms with Crippen LogP contribution in [0.25, 0.3) is 0 Å². The summed E-state index contributed by atoms with van der Waals surface area (Å²) >= 11 is 3.34.